The second kappa shape index (κ2) is 7.42. The zero-order valence-electron chi connectivity index (χ0n) is 13.6. The van der Waals surface area contributed by atoms with E-state index in [1.54, 1.807) is 18.2 Å². The molecule has 1 amide bonds. The molecular formula is C17H17F3N2O3. The topological polar surface area (TPSA) is 71.2 Å². The summed E-state index contributed by atoms with van der Waals surface area (Å²) in [7, 11) is 0. The standard InChI is InChI=1S/C17H17F3N2O3/c1-10(2)11-4-3-5-13(6-11)25-9-15(23)22-14-7-12(17(18,19)20)8-21-16(14)24/h3-8,10H,9H2,1-2H3,(H,21,24)(H,22,23). The van der Waals surface area contributed by atoms with Crippen LogP contribution >= 0.6 is 0 Å². The fourth-order valence-corrected chi connectivity index (χ4v) is 2.04. The smallest absolute Gasteiger partial charge is 0.417 e. The summed E-state index contributed by atoms with van der Waals surface area (Å²) in [6.07, 6.45) is -4.08. The molecule has 2 rings (SSSR count). The molecule has 8 heteroatoms. The number of hydrogen-bond acceptors (Lipinski definition) is 3. The minimum atomic E-state index is -4.63. The number of aromatic amines is 1. The number of halogens is 3. The molecular weight excluding hydrogens is 337 g/mol. The number of nitrogens with one attached hydrogen (secondary N) is 2. The predicted octanol–water partition coefficient (Wildman–Crippen LogP) is 3.53. The van der Waals surface area contributed by atoms with Crippen molar-refractivity contribution in [2.24, 2.45) is 0 Å². The lowest BCUT2D eigenvalue weighted by Crippen LogP contribution is -2.25. The number of ether oxygens (including phenoxy) is 1. The third-order valence-electron chi connectivity index (χ3n) is 3.40. The lowest BCUT2D eigenvalue weighted by atomic mass is 10.0. The summed E-state index contributed by atoms with van der Waals surface area (Å²) in [4.78, 5) is 25.3. The SMILES string of the molecule is CC(C)c1cccc(OCC(=O)Nc2cc(C(F)(F)F)c[nH]c2=O)c1. The Labute approximate surface area is 141 Å². The first-order valence-corrected chi connectivity index (χ1v) is 7.49. The second-order valence-corrected chi connectivity index (χ2v) is 5.69. The van der Waals surface area contributed by atoms with Crippen molar-refractivity contribution >= 4 is 11.6 Å². The van der Waals surface area contributed by atoms with Crippen LogP contribution < -0.4 is 15.6 Å². The van der Waals surface area contributed by atoms with Crippen molar-refractivity contribution in [1.82, 2.24) is 4.98 Å². The molecule has 1 heterocycles. The van der Waals surface area contributed by atoms with Gasteiger partial charge in [0.1, 0.15) is 11.4 Å². The summed E-state index contributed by atoms with van der Waals surface area (Å²) < 4.78 is 43.3. The quantitative estimate of drug-likeness (QED) is 0.863. The lowest BCUT2D eigenvalue weighted by molar-refractivity contribution is -0.137. The first-order valence-electron chi connectivity index (χ1n) is 7.49. The third kappa shape index (κ3) is 5.10. The van der Waals surface area contributed by atoms with Crippen LogP contribution in [0, 0.1) is 0 Å². The first kappa shape index (κ1) is 18.6. The highest BCUT2D eigenvalue weighted by Crippen LogP contribution is 2.29. The number of hydrogen-bond donors (Lipinski definition) is 2. The molecule has 2 aromatic rings. The molecule has 1 aromatic carbocycles. The van der Waals surface area contributed by atoms with Gasteiger partial charge in [0.25, 0.3) is 11.5 Å². The highest BCUT2D eigenvalue weighted by atomic mass is 19.4. The van der Waals surface area contributed by atoms with Crippen LogP contribution in [0.2, 0.25) is 0 Å². The number of alkyl halides is 3. The van der Waals surface area contributed by atoms with Crippen molar-refractivity contribution < 1.29 is 22.7 Å². The van der Waals surface area contributed by atoms with Crippen molar-refractivity contribution in [3.05, 3.63) is 58.0 Å². The van der Waals surface area contributed by atoms with Crippen LogP contribution in [0.4, 0.5) is 18.9 Å². The van der Waals surface area contributed by atoms with Crippen molar-refractivity contribution in [3.8, 4) is 5.75 Å². The Morgan fingerprint density at radius 2 is 2.00 bits per heavy atom. The van der Waals surface area contributed by atoms with Gasteiger partial charge in [-0.2, -0.15) is 13.2 Å². The largest absolute Gasteiger partial charge is 0.484 e. The van der Waals surface area contributed by atoms with E-state index in [1.807, 2.05) is 24.9 Å². The third-order valence-corrected chi connectivity index (χ3v) is 3.40. The van der Waals surface area contributed by atoms with E-state index in [2.05, 4.69) is 5.32 Å². The number of benzene rings is 1. The highest BCUT2D eigenvalue weighted by molar-refractivity contribution is 5.91. The minimum Gasteiger partial charge on any atom is -0.484 e. The van der Waals surface area contributed by atoms with Crippen LogP contribution in [0.25, 0.3) is 0 Å². The molecule has 0 aliphatic carbocycles. The number of H-pyrrole nitrogens is 1. The molecule has 5 nitrogen and oxygen atoms in total. The predicted molar refractivity (Wildman–Crippen MR) is 86.7 cm³/mol. The monoisotopic (exact) mass is 354 g/mol. The molecule has 1 aromatic heterocycles. The summed E-state index contributed by atoms with van der Waals surface area (Å²) in [5, 5.41) is 2.12. The normalized spacial score (nSPS) is 11.4. The Bertz CT molecular complexity index is 813. The molecule has 0 radical (unpaired) electrons. The minimum absolute atomic E-state index is 0.279. The van der Waals surface area contributed by atoms with Gasteiger partial charge in [0.05, 0.1) is 5.56 Å². The van der Waals surface area contributed by atoms with Gasteiger partial charge in [-0.25, -0.2) is 0 Å². The maximum atomic E-state index is 12.6. The molecule has 0 saturated carbocycles. The van der Waals surface area contributed by atoms with E-state index >= 15 is 0 Å². The fourth-order valence-electron chi connectivity index (χ4n) is 2.04. The van der Waals surface area contributed by atoms with Crippen LogP contribution in [0.1, 0.15) is 30.9 Å². The van der Waals surface area contributed by atoms with Crippen molar-refractivity contribution in [2.45, 2.75) is 25.9 Å². The highest BCUT2D eigenvalue weighted by Gasteiger charge is 2.31. The van der Waals surface area contributed by atoms with E-state index in [0.29, 0.717) is 18.0 Å². The number of rotatable bonds is 5. The number of anilines is 1. The number of carbonyl (C=O) groups is 1. The van der Waals surface area contributed by atoms with Gasteiger partial charge in [0.2, 0.25) is 0 Å². The summed E-state index contributed by atoms with van der Waals surface area (Å²) >= 11 is 0. The van der Waals surface area contributed by atoms with Gasteiger partial charge in [-0.3, -0.25) is 9.59 Å². The van der Waals surface area contributed by atoms with Gasteiger partial charge < -0.3 is 15.0 Å². The van der Waals surface area contributed by atoms with Crippen molar-refractivity contribution in [1.29, 1.82) is 0 Å². The van der Waals surface area contributed by atoms with Gasteiger partial charge in [0, 0.05) is 6.20 Å². The van der Waals surface area contributed by atoms with Crippen LogP contribution in [-0.2, 0) is 11.0 Å². The molecule has 0 atom stereocenters. The van der Waals surface area contributed by atoms with E-state index in [9.17, 15) is 22.8 Å². The number of carbonyl (C=O) groups excluding carboxylic acids is 1. The first-order chi connectivity index (χ1) is 11.7. The van der Waals surface area contributed by atoms with Gasteiger partial charge in [-0.05, 0) is 29.7 Å². The van der Waals surface area contributed by atoms with E-state index < -0.39 is 35.5 Å². The molecule has 0 unspecified atom stereocenters. The van der Waals surface area contributed by atoms with Crippen LogP contribution in [0.3, 0.4) is 0 Å². The Morgan fingerprint density at radius 1 is 1.28 bits per heavy atom. The molecule has 134 valence electrons. The van der Waals surface area contributed by atoms with Crippen molar-refractivity contribution in [3.63, 3.8) is 0 Å². The summed E-state index contributed by atoms with van der Waals surface area (Å²) in [6.45, 7) is 3.58. The maximum absolute atomic E-state index is 12.6. The van der Waals surface area contributed by atoms with Gasteiger partial charge in [0.15, 0.2) is 6.61 Å². The molecule has 0 aliphatic heterocycles. The molecule has 0 bridgehead atoms. The Balaban J connectivity index is 2.03. The van der Waals surface area contributed by atoms with E-state index in [1.165, 1.54) is 0 Å². The zero-order valence-corrected chi connectivity index (χ0v) is 13.6. The zero-order chi connectivity index (χ0) is 18.6. The molecule has 0 fully saturated rings. The Kier molecular flexibility index (Phi) is 5.51. The van der Waals surface area contributed by atoms with Crippen LogP contribution in [0.5, 0.6) is 5.75 Å². The number of aromatic nitrogens is 1. The summed E-state index contributed by atoms with van der Waals surface area (Å²) in [5.41, 5.74) is -1.36. The fraction of sp³-hybridized carbons (Fsp3) is 0.294. The molecule has 0 aliphatic rings. The molecule has 0 saturated heterocycles. The Hall–Kier alpha value is -2.77. The van der Waals surface area contributed by atoms with E-state index in [-0.39, 0.29) is 5.92 Å². The summed E-state index contributed by atoms with van der Waals surface area (Å²) in [6, 6.07) is 7.71. The lowest BCUT2D eigenvalue weighted by Gasteiger charge is -2.11. The molecule has 25 heavy (non-hydrogen) atoms. The summed E-state index contributed by atoms with van der Waals surface area (Å²) in [5.74, 6) is 0.000111. The molecule has 2 N–H and O–H groups in total. The van der Waals surface area contributed by atoms with Crippen LogP contribution in [0.15, 0.2) is 41.3 Å². The van der Waals surface area contributed by atoms with Crippen molar-refractivity contribution in [2.75, 3.05) is 11.9 Å². The average molecular weight is 354 g/mol. The number of amides is 1. The second-order valence-electron chi connectivity index (χ2n) is 5.69. The Morgan fingerprint density at radius 3 is 2.64 bits per heavy atom. The van der Waals surface area contributed by atoms with E-state index in [0.717, 1.165) is 5.56 Å². The van der Waals surface area contributed by atoms with Gasteiger partial charge >= 0.3 is 6.18 Å². The molecule has 0 spiro atoms. The number of pyridine rings is 1. The van der Waals surface area contributed by atoms with Gasteiger partial charge in [-0.1, -0.05) is 26.0 Å². The van der Waals surface area contributed by atoms with Crippen LogP contribution in [-0.4, -0.2) is 17.5 Å². The maximum Gasteiger partial charge on any atom is 0.417 e. The average Bonchev–Trinajstić information content (AvgIpc) is 2.54. The van der Waals surface area contributed by atoms with Gasteiger partial charge in [-0.15, -0.1) is 0 Å². The van der Waals surface area contributed by atoms with E-state index in [4.69, 9.17) is 4.74 Å².